The van der Waals surface area contributed by atoms with Gasteiger partial charge < -0.3 is 14.6 Å². The van der Waals surface area contributed by atoms with Gasteiger partial charge in [-0.25, -0.2) is 4.79 Å². The Kier molecular flexibility index (Phi) is 4.09. The zero-order valence-electron chi connectivity index (χ0n) is 9.94. The Balaban J connectivity index is 3.08. The van der Waals surface area contributed by atoms with Crippen molar-refractivity contribution in [1.82, 2.24) is 0 Å². The maximum absolute atomic E-state index is 11.1. The van der Waals surface area contributed by atoms with E-state index in [-0.39, 0.29) is 6.42 Å². The molecule has 0 heterocycles. The summed E-state index contributed by atoms with van der Waals surface area (Å²) in [5.41, 5.74) is 1.41. The van der Waals surface area contributed by atoms with Crippen molar-refractivity contribution in [1.29, 1.82) is 0 Å². The first kappa shape index (κ1) is 13.0. The van der Waals surface area contributed by atoms with Crippen LogP contribution in [0.3, 0.4) is 0 Å². The fourth-order valence-electron chi connectivity index (χ4n) is 1.46. The number of aliphatic carboxylic acids is 1. The first-order valence-electron chi connectivity index (χ1n) is 4.97. The summed E-state index contributed by atoms with van der Waals surface area (Å²) >= 11 is 0. The van der Waals surface area contributed by atoms with E-state index in [4.69, 9.17) is 14.6 Å². The highest BCUT2D eigenvalue weighted by Crippen LogP contribution is 2.30. The molecule has 0 aromatic heterocycles. The molecule has 0 fully saturated rings. The molecule has 5 heteroatoms. The van der Waals surface area contributed by atoms with Gasteiger partial charge in [0.1, 0.15) is 0 Å². The van der Waals surface area contributed by atoms with E-state index >= 15 is 0 Å². The summed E-state index contributed by atoms with van der Waals surface area (Å²) in [6, 6.07) is 3.33. The van der Waals surface area contributed by atoms with Gasteiger partial charge in [0.25, 0.3) is 0 Å². The van der Waals surface area contributed by atoms with Gasteiger partial charge in [-0.05, 0) is 30.2 Å². The Hall–Kier alpha value is -2.04. The first-order valence-corrected chi connectivity index (χ1v) is 4.97. The zero-order valence-corrected chi connectivity index (χ0v) is 9.94. The van der Waals surface area contributed by atoms with Crippen LogP contribution in [0, 0.1) is 6.92 Å². The molecular weight excluding hydrogens is 224 g/mol. The molecule has 0 spiro atoms. The average Bonchev–Trinajstić information content (AvgIpc) is 2.30. The number of methoxy groups -OCH3 is 2. The summed E-state index contributed by atoms with van der Waals surface area (Å²) in [6.45, 7) is 1.78. The fourth-order valence-corrected chi connectivity index (χ4v) is 1.46. The third-order valence-corrected chi connectivity index (χ3v) is 2.43. The lowest BCUT2D eigenvalue weighted by Gasteiger charge is -2.11. The molecule has 0 unspecified atom stereocenters. The number of ether oxygens (including phenoxy) is 2. The van der Waals surface area contributed by atoms with E-state index in [0.717, 1.165) is 5.56 Å². The molecule has 0 atom stereocenters. The molecule has 0 saturated carbocycles. The summed E-state index contributed by atoms with van der Waals surface area (Å²) in [6.07, 6.45) is -0.151. The van der Waals surface area contributed by atoms with Gasteiger partial charge in [0.15, 0.2) is 11.5 Å². The van der Waals surface area contributed by atoms with E-state index < -0.39 is 11.8 Å². The van der Waals surface area contributed by atoms with Gasteiger partial charge in [-0.3, -0.25) is 4.79 Å². The molecular formula is C12H14O5. The third kappa shape index (κ3) is 2.96. The van der Waals surface area contributed by atoms with Crippen molar-refractivity contribution in [2.24, 2.45) is 0 Å². The molecule has 1 N–H and O–H groups in total. The lowest BCUT2D eigenvalue weighted by molar-refractivity contribution is -0.148. The minimum Gasteiger partial charge on any atom is -0.493 e. The van der Waals surface area contributed by atoms with Crippen molar-refractivity contribution < 1.29 is 24.2 Å². The summed E-state index contributed by atoms with van der Waals surface area (Å²) in [5, 5.41) is 8.56. The molecule has 1 aromatic carbocycles. The minimum absolute atomic E-state index is 0.151. The number of carbonyl (C=O) groups excluding carboxylic acids is 1. The standard InChI is InChI=1S/C12H14O5/c1-7-4-10(16-2)11(17-3)6-8(7)5-9(13)12(14)15/h4,6H,5H2,1-3H3,(H,14,15). The number of ketones is 1. The number of carboxylic acids is 1. The molecule has 1 rings (SSSR count). The Morgan fingerprint density at radius 3 is 2.18 bits per heavy atom. The number of hydrogen-bond donors (Lipinski definition) is 1. The van der Waals surface area contributed by atoms with Crippen LogP contribution < -0.4 is 9.47 Å². The van der Waals surface area contributed by atoms with Crippen molar-refractivity contribution >= 4 is 11.8 Å². The number of benzene rings is 1. The number of rotatable bonds is 5. The summed E-state index contributed by atoms with van der Waals surface area (Å²) < 4.78 is 10.2. The van der Waals surface area contributed by atoms with Crippen LogP contribution in [0.1, 0.15) is 11.1 Å². The molecule has 1 aromatic rings. The van der Waals surface area contributed by atoms with Gasteiger partial charge >= 0.3 is 5.97 Å². The monoisotopic (exact) mass is 238 g/mol. The Labute approximate surface area is 99.0 Å². The largest absolute Gasteiger partial charge is 0.493 e. The molecule has 5 nitrogen and oxygen atoms in total. The molecule has 0 aliphatic carbocycles. The van der Waals surface area contributed by atoms with Gasteiger partial charge in [-0.1, -0.05) is 0 Å². The van der Waals surface area contributed by atoms with Gasteiger partial charge in [0.05, 0.1) is 14.2 Å². The number of Topliss-reactive ketones (excluding diaryl/α,β-unsaturated/α-hetero) is 1. The van der Waals surface area contributed by atoms with Gasteiger partial charge in [-0.15, -0.1) is 0 Å². The lowest BCUT2D eigenvalue weighted by Crippen LogP contribution is -2.15. The van der Waals surface area contributed by atoms with Crippen LogP contribution >= 0.6 is 0 Å². The maximum atomic E-state index is 11.1. The van der Waals surface area contributed by atoms with E-state index in [2.05, 4.69) is 0 Å². The molecule has 0 aliphatic rings. The highest BCUT2D eigenvalue weighted by molar-refractivity contribution is 6.33. The molecule has 92 valence electrons. The van der Waals surface area contributed by atoms with Gasteiger partial charge in [0.2, 0.25) is 5.78 Å². The third-order valence-electron chi connectivity index (χ3n) is 2.43. The summed E-state index contributed by atoms with van der Waals surface area (Å²) in [5.74, 6) is -1.25. The number of aryl methyl sites for hydroxylation is 1. The van der Waals surface area contributed by atoms with E-state index in [1.807, 2.05) is 0 Å². The average molecular weight is 238 g/mol. The number of hydrogen-bond acceptors (Lipinski definition) is 4. The normalized spacial score (nSPS) is 9.82. The Morgan fingerprint density at radius 2 is 1.71 bits per heavy atom. The highest BCUT2D eigenvalue weighted by Gasteiger charge is 2.16. The van der Waals surface area contributed by atoms with Crippen molar-refractivity contribution in [3.05, 3.63) is 23.3 Å². The van der Waals surface area contributed by atoms with Gasteiger partial charge in [0, 0.05) is 6.42 Å². The minimum atomic E-state index is -1.43. The number of carbonyl (C=O) groups is 2. The SMILES string of the molecule is COc1cc(C)c(CC(=O)C(=O)O)cc1OC. The second kappa shape index (κ2) is 5.34. The first-order chi connectivity index (χ1) is 7.99. The fraction of sp³-hybridized carbons (Fsp3) is 0.333. The predicted molar refractivity (Wildman–Crippen MR) is 60.6 cm³/mol. The molecule has 0 radical (unpaired) electrons. The quantitative estimate of drug-likeness (QED) is 0.780. The van der Waals surface area contributed by atoms with Crippen LogP contribution in [-0.4, -0.2) is 31.1 Å². The van der Waals surface area contributed by atoms with Crippen molar-refractivity contribution in [3.8, 4) is 11.5 Å². The highest BCUT2D eigenvalue weighted by atomic mass is 16.5. The second-order valence-corrected chi connectivity index (χ2v) is 3.54. The second-order valence-electron chi connectivity index (χ2n) is 3.54. The van der Waals surface area contributed by atoms with Crippen LogP contribution in [-0.2, 0) is 16.0 Å². The van der Waals surface area contributed by atoms with E-state index in [0.29, 0.717) is 17.1 Å². The zero-order chi connectivity index (χ0) is 13.0. The molecule has 17 heavy (non-hydrogen) atoms. The summed E-state index contributed by atoms with van der Waals surface area (Å²) in [4.78, 5) is 21.6. The van der Waals surface area contributed by atoms with Crippen molar-refractivity contribution in [3.63, 3.8) is 0 Å². The van der Waals surface area contributed by atoms with Crippen LogP contribution in [0.4, 0.5) is 0 Å². The van der Waals surface area contributed by atoms with Crippen LogP contribution in [0.15, 0.2) is 12.1 Å². The van der Waals surface area contributed by atoms with Crippen molar-refractivity contribution in [2.75, 3.05) is 14.2 Å². The maximum Gasteiger partial charge on any atom is 0.372 e. The van der Waals surface area contributed by atoms with Crippen LogP contribution in [0.5, 0.6) is 11.5 Å². The molecule has 0 aliphatic heterocycles. The van der Waals surface area contributed by atoms with Gasteiger partial charge in [-0.2, -0.15) is 0 Å². The van der Waals surface area contributed by atoms with E-state index in [1.54, 1.807) is 19.1 Å². The summed E-state index contributed by atoms with van der Waals surface area (Å²) in [7, 11) is 3.00. The Bertz CT molecular complexity index is 450. The lowest BCUT2D eigenvalue weighted by atomic mass is 10.0. The van der Waals surface area contributed by atoms with Crippen molar-refractivity contribution in [2.45, 2.75) is 13.3 Å². The molecule has 0 saturated heterocycles. The molecule has 0 bridgehead atoms. The number of carboxylic acid groups (broad SMARTS) is 1. The topological polar surface area (TPSA) is 72.8 Å². The smallest absolute Gasteiger partial charge is 0.372 e. The van der Waals surface area contributed by atoms with Crippen LogP contribution in [0.2, 0.25) is 0 Å². The van der Waals surface area contributed by atoms with Crippen LogP contribution in [0.25, 0.3) is 0 Å². The van der Waals surface area contributed by atoms with E-state index in [9.17, 15) is 9.59 Å². The predicted octanol–water partition coefficient (Wildman–Crippen LogP) is 1.21. The molecule has 0 amide bonds. The Morgan fingerprint density at radius 1 is 1.18 bits per heavy atom. The van der Waals surface area contributed by atoms with E-state index in [1.165, 1.54) is 14.2 Å².